The first-order chi connectivity index (χ1) is 10.8. The number of fused-ring (bicyclic) bond motifs is 1. The fourth-order valence-electron chi connectivity index (χ4n) is 3.29. The quantitative estimate of drug-likeness (QED) is 0.855. The maximum atomic E-state index is 13.4. The predicted molar refractivity (Wildman–Crippen MR) is 83.2 cm³/mol. The van der Waals surface area contributed by atoms with Crippen molar-refractivity contribution in [3.8, 4) is 11.1 Å². The van der Waals surface area contributed by atoms with Crippen molar-refractivity contribution in [2.45, 2.75) is 26.3 Å². The van der Waals surface area contributed by atoms with Gasteiger partial charge in [0, 0.05) is 0 Å². The van der Waals surface area contributed by atoms with E-state index in [4.69, 9.17) is 5.11 Å². The summed E-state index contributed by atoms with van der Waals surface area (Å²) in [5, 5.41) is 11.7. The third-order valence-electron chi connectivity index (χ3n) is 4.41. The van der Waals surface area contributed by atoms with Crippen molar-refractivity contribution >= 4 is 6.09 Å². The van der Waals surface area contributed by atoms with Crippen LogP contribution in [0.3, 0.4) is 0 Å². The Kier molecular flexibility index (Phi) is 3.59. The highest BCUT2D eigenvalue weighted by Gasteiger charge is 2.40. The standard InChI is InChI=1S/C18H17F2NO2/c1-18(2)9-12-4-3-10(7-13(12)16(18)21-17(22)23)11-5-6-14(19)15(20)8-11/h3-8,16,21H,9H2,1-2H3,(H,22,23). The average molecular weight is 317 g/mol. The lowest BCUT2D eigenvalue weighted by Gasteiger charge is -2.27. The van der Waals surface area contributed by atoms with Crippen molar-refractivity contribution in [3.63, 3.8) is 0 Å². The van der Waals surface area contributed by atoms with Crippen LogP contribution in [0.5, 0.6) is 0 Å². The molecule has 3 nitrogen and oxygen atoms in total. The SMILES string of the molecule is CC1(C)Cc2ccc(-c3ccc(F)c(F)c3)cc2C1NC(=O)O. The van der Waals surface area contributed by atoms with Gasteiger partial charge < -0.3 is 10.4 Å². The Balaban J connectivity index is 2.05. The molecule has 0 spiro atoms. The smallest absolute Gasteiger partial charge is 0.405 e. The number of hydrogen-bond donors (Lipinski definition) is 2. The molecule has 1 unspecified atom stereocenters. The van der Waals surface area contributed by atoms with E-state index in [0.29, 0.717) is 5.56 Å². The van der Waals surface area contributed by atoms with Crippen molar-refractivity contribution in [1.82, 2.24) is 5.32 Å². The van der Waals surface area contributed by atoms with E-state index in [1.165, 1.54) is 6.07 Å². The number of carboxylic acid groups (broad SMARTS) is 1. The van der Waals surface area contributed by atoms with Gasteiger partial charge in [0.2, 0.25) is 0 Å². The number of hydrogen-bond acceptors (Lipinski definition) is 1. The first kappa shape index (κ1) is 15.5. The van der Waals surface area contributed by atoms with E-state index >= 15 is 0 Å². The van der Waals surface area contributed by atoms with E-state index in [2.05, 4.69) is 5.32 Å². The third-order valence-corrected chi connectivity index (χ3v) is 4.41. The van der Waals surface area contributed by atoms with Crippen molar-refractivity contribution in [1.29, 1.82) is 0 Å². The zero-order valence-electron chi connectivity index (χ0n) is 12.9. The maximum absolute atomic E-state index is 13.4. The molecule has 5 heteroatoms. The Bertz CT molecular complexity index is 787. The molecule has 0 aliphatic heterocycles. The zero-order valence-corrected chi connectivity index (χ0v) is 12.9. The molecule has 120 valence electrons. The summed E-state index contributed by atoms with van der Waals surface area (Å²) in [6, 6.07) is 9.06. The molecule has 0 aromatic heterocycles. The van der Waals surface area contributed by atoms with Crippen LogP contribution in [0.15, 0.2) is 36.4 Å². The van der Waals surface area contributed by atoms with Gasteiger partial charge in [-0.1, -0.05) is 32.0 Å². The Morgan fingerprint density at radius 3 is 2.43 bits per heavy atom. The van der Waals surface area contributed by atoms with Gasteiger partial charge in [0.05, 0.1) is 6.04 Å². The van der Waals surface area contributed by atoms with Gasteiger partial charge in [-0.15, -0.1) is 0 Å². The molecule has 0 fully saturated rings. The molecule has 1 amide bonds. The Labute approximate surface area is 133 Å². The van der Waals surface area contributed by atoms with E-state index in [1.807, 2.05) is 32.0 Å². The Hall–Kier alpha value is -2.43. The summed E-state index contributed by atoms with van der Waals surface area (Å²) in [5.74, 6) is -1.79. The highest BCUT2D eigenvalue weighted by Crippen LogP contribution is 2.46. The van der Waals surface area contributed by atoms with E-state index in [9.17, 15) is 13.6 Å². The minimum atomic E-state index is -1.07. The monoisotopic (exact) mass is 317 g/mol. The van der Waals surface area contributed by atoms with Gasteiger partial charge in [-0.3, -0.25) is 0 Å². The molecular weight excluding hydrogens is 300 g/mol. The molecule has 0 saturated heterocycles. The predicted octanol–water partition coefficient (Wildman–Crippen LogP) is 4.52. The van der Waals surface area contributed by atoms with E-state index < -0.39 is 17.7 Å². The van der Waals surface area contributed by atoms with Crippen molar-refractivity contribution in [2.24, 2.45) is 5.41 Å². The minimum Gasteiger partial charge on any atom is -0.465 e. The lowest BCUT2D eigenvalue weighted by atomic mass is 9.85. The van der Waals surface area contributed by atoms with Crippen molar-refractivity contribution < 1.29 is 18.7 Å². The van der Waals surface area contributed by atoms with Crippen LogP contribution in [0.2, 0.25) is 0 Å². The summed E-state index contributed by atoms with van der Waals surface area (Å²) in [6.45, 7) is 4.01. The molecule has 23 heavy (non-hydrogen) atoms. The van der Waals surface area contributed by atoms with Gasteiger partial charge in [-0.25, -0.2) is 13.6 Å². The number of halogens is 2. The largest absolute Gasteiger partial charge is 0.465 e. The molecule has 1 aliphatic rings. The Morgan fingerprint density at radius 1 is 1.13 bits per heavy atom. The summed E-state index contributed by atoms with van der Waals surface area (Å²) in [5.41, 5.74) is 3.01. The molecule has 1 aliphatic carbocycles. The fraction of sp³-hybridized carbons (Fsp3) is 0.278. The number of benzene rings is 2. The first-order valence-electron chi connectivity index (χ1n) is 7.35. The van der Waals surface area contributed by atoms with Crippen LogP contribution in [0.25, 0.3) is 11.1 Å². The van der Waals surface area contributed by atoms with Crippen molar-refractivity contribution in [3.05, 3.63) is 59.2 Å². The number of amides is 1. The summed E-state index contributed by atoms with van der Waals surface area (Å²) < 4.78 is 26.5. The van der Waals surface area contributed by atoms with E-state index in [1.54, 1.807) is 0 Å². The molecule has 1 atom stereocenters. The molecule has 0 radical (unpaired) electrons. The lowest BCUT2D eigenvalue weighted by molar-refractivity contribution is 0.175. The second-order valence-electron chi connectivity index (χ2n) is 6.59. The van der Waals surface area contributed by atoms with Gasteiger partial charge in [0.1, 0.15) is 0 Å². The zero-order chi connectivity index (χ0) is 16.8. The van der Waals surface area contributed by atoms with E-state index in [0.717, 1.165) is 35.2 Å². The topological polar surface area (TPSA) is 49.3 Å². The fourth-order valence-corrected chi connectivity index (χ4v) is 3.29. The molecule has 0 bridgehead atoms. The molecule has 2 N–H and O–H groups in total. The van der Waals surface area contributed by atoms with Crippen LogP contribution in [0.1, 0.15) is 31.0 Å². The van der Waals surface area contributed by atoms with Crippen LogP contribution in [0.4, 0.5) is 13.6 Å². The highest BCUT2D eigenvalue weighted by atomic mass is 19.2. The summed E-state index contributed by atoms with van der Waals surface area (Å²) in [4.78, 5) is 11.1. The summed E-state index contributed by atoms with van der Waals surface area (Å²) in [6.07, 6.45) is -0.320. The van der Waals surface area contributed by atoms with Crippen molar-refractivity contribution in [2.75, 3.05) is 0 Å². The molecular formula is C18H17F2NO2. The van der Waals surface area contributed by atoms with Crippen LogP contribution in [-0.2, 0) is 6.42 Å². The van der Waals surface area contributed by atoms with E-state index in [-0.39, 0.29) is 11.5 Å². The number of carbonyl (C=O) groups is 1. The van der Waals surface area contributed by atoms with Crippen LogP contribution in [0, 0.1) is 17.0 Å². The molecule has 2 aromatic carbocycles. The second-order valence-corrected chi connectivity index (χ2v) is 6.59. The molecule has 3 rings (SSSR count). The van der Waals surface area contributed by atoms with Gasteiger partial charge in [-0.2, -0.15) is 0 Å². The average Bonchev–Trinajstić information content (AvgIpc) is 2.71. The first-order valence-corrected chi connectivity index (χ1v) is 7.35. The maximum Gasteiger partial charge on any atom is 0.405 e. The number of rotatable bonds is 2. The number of nitrogens with one attached hydrogen (secondary N) is 1. The van der Waals surface area contributed by atoms with Crippen LogP contribution < -0.4 is 5.32 Å². The Morgan fingerprint density at radius 2 is 1.78 bits per heavy atom. The highest BCUT2D eigenvalue weighted by molar-refractivity contribution is 5.69. The molecule has 2 aromatic rings. The van der Waals surface area contributed by atoms with Crippen LogP contribution >= 0.6 is 0 Å². The van der Waals surface area contributed by atoms with Gasteiger partial charge in [-0.05, 0) is 52.3 Å². The van der Waals surface area contributed by atoms with Crippen LogP contribution in [-0.4, -0.2) is 11.2 Å². The third kappa shape index (κ3) is 2.79. The minimum absolute atomic E-state index is 0.243. The summed E-state index contributed by atoms with van der Waals surface area (Å²) in [7, 11) is 0. The normalized spacial score (nSPS) is 18.5. The van der Waals surface area contributed by atoms with Gasteiger partial charge >= 0.3 is 6.09 Å². The van der Waals surface area contributed by atoms with Gasteiger partial charge in [0.15, 0.2) is 11.6 Å². The second kappa shape index (κ2) is 5.33. The molecule has 0 heterocycles. The lowest BCUT2D eigenvalue weighted by Crippen LogP contribution is -2.34. The van der Waals surface area contributed by atoms with Gasteiger partial charge in [0.25, 0.3) is 0 Å². The summed E-state index contributed by atoms with van der Waals surface area (Å²) >= 11 is 0. The molecule has 0 saturated carbocycles.